The van der Waals surface area contributed by atoms with Gasteiger partial charge in [0.15, 0.2) is 5.60 Å². The van der Waals surface area contributed by atoms with Crippen molar-refractivity contribution >= 4 is 5.97 Å². The van der Waals surface area contributed by atoms with E-state index in [-0.39, 0.29) is 12.0 Å². The van der Waals surface area contributed by atoms with E-state index < -0.39 is 17.4 Å². The van der Waals surface area contributed by atoms with E-state index in [0.717, 1.165) is 13.2 Å². The third-order valence-corrected chi connectivity index (χ3v) is 2.27. The second kappa shape index (κ2) is 4.90. The molecule has 0 unspecified atom stereocenters. The second-order valence-electron chi connectivity index (χ2n) is 3.36. The first-order valence-corrected chi connectivity index (χ1v) is 4.72. The van der Waals surface area contributed by atoms with Crippen molar-refractivity contribution in [3.05, 3.63) is 48.3 Å². The monoisotopic (exact) mass is 224 g/mol. The molecule has 0 aromatic heterocycles. The van der Waals surface area contributed by atoms with Gasteiger partial charge in [0.2, 0.25) is 0 Å². The number of hydrogen-bond acceptors (Lipinski definition) is 3. The number of hydrogen-bond donors (Lipinski definition) is 1. The summed E-state index contributed by atoms with van der Waals surface area (Å²) in [5.41, 5.74) is -1.72. The molecule has 3 nitrogen and oxygen atoms in total. The number of aliphatic hydroxyl groups is 1. The molecule has 1 aromatic rings. The zero-order valence-electron chi connectivity index (χ0n) is 8.94. The normalized spacial score (nSPS) is 13.9. The lowest BCUT2D eigenvalue weighted by atomic mass is 9.90. The highest BCUT2D eigenvalue weighted by molar-refractivity contribution is 5.81. The molecule has 4 heteroatoms. The molecule has 0 spiro atoms. The summed E-state index contributed by atoms with van der Waals surface area (Å²) >= 11 is 0. The zero-order chi connectivity index (χ0) is 12.2. The second-order valence-corrected chi connectivity index (χ2v) is 3.36. The van der Waals surface area contributed by atoms with Gasteiger partial charge in [0.1, 0.15) is 5.82 Å². The van der Waals surface area contributed by atoms with Crippen LogP contribution < -0.4 is 0 Å². The van der Waals surface area contributed by atoms with Crippen LogP contribution in [0.3, 0.4) is 0 Å². The van der Waals surface area contributed by atoms with Crippen LogP contribution in [0.1, 0.15) is 12.0 Å². The standard InChI is InChI=1S/C12H13FO3/c1-3-7-12(15,11(14)16-2)9-5-4-6-10(13)8-9/h3-6,8,15H,1,7H2,2H3/t12-/m1/s1. The van der Waals surface area contributed by atoms with E-state index in [2.05, 4.69) is 11.3 Å². The van der Waals surface area contributed by atoms with E-state index in [0.29, 0.717) is 0 Å². The Labute approximate surface area is 93.2 Å². The predicted molar refractivity (Wildman–Crippen MR) is 57.1 cm³/mol. The molecule has 86 valence electrons. The first-order valence-electron chi connectivity index (χ1n) is 4.72. The van der Waals surface area contributed by atoms with Gasteiger partial charge in [-0.25, -0.2) is 9.18 Å². The topological polar surface area (TPSA) is 46.5 Å². The molecule has 0 amide bonds. The van der Waals surface area contributed by atoms with E-state index >= 15 is 0 Å². The number of carbonyl (C=O) groups excluding carboxylic acids is 1. The van der Waals surface area contributed by atoms with Crippen LogP contribution in [0.5, 0.6) is 0 Å². The van der Waals surface area contributed by atoms with Gasteiger partial charge in [0.05, 0.1) is 7.11 Å². The van der Waals surface area contributed by atoms with Crippen LogP contribution in [0.4, 0.5) is 4.39 Å². The maximum absolute atomic E-state index is 13.0. The van der Waals surface area contributed by atoms with Gasteiger partial charge >= 0.3 is 5.97 Å². The maximum Gasteiger partial charge on any atom is 0.342 e. The van der Waals surface area contributed by atoms with E-state index in [4.69, 9.17) is 0 Å². The summed E-state index contributed by atoms with van der Waals surface area (Å²) in [6.07, 6.45) is 1.34. The molecule has 0 radical (unpaired) electrons. The highest BCUT2D eigenvalue weighted by atomic mass is 19.1. The van der Waals surface area contributed by atoms with Gasteiger partial charge in [-0.3, -0.25) is 0 Å². The lowest BCUT2D eigenvalue weighted by Crippen LogP contribution is -2.36. The number of benzene rings is 1. The van der Waals surface area contributed by atoms with Crippen LogP contribution in [0.15, 0.2) is 36.9 Å². The first-order chi connectivity index (χ1) is 7.54. The van der Waals surface area contributed by atoms with Crippen molar-refractivity contribution in [3.8, 4) is 0 Å². The number of halogens is 1. The minimum Gasteiger partial charge on any atom is -0.467 e. The number of esters is 1. The van der Waals surface area contributed by atoms with Gasteiger partial charge in [0.25, 0.3) is 0 Å². The minimum atomic E-state index is -1.88. The highest BCUT2D eigenvalue weighted by Crippen LogP contribution is 2.27. The Morgan fingerprint density at radius 1 is 1.69 bits per heavy atom. The van der Waals surface area contributed by atoms with Gasteiger partial charge in [-0.2, -0.15) is 0 Å². The zero-order valence-corrected chi connectivity index (χ0v) is 8.94. The summed E-state index contributed by atoms with van der Waals surface area (Å²) in [6.45, 7) is 3.45. The molecule has 0 saturated heterocycles. The smallest absolute Gasteiger partial charge is 0.342 e. The Hall–Kier alpha value is -1.68. The van der Waals surface area contributed by atoms with Crippen LogP contribution in [0.25, 0.3) is 0 Å². The molecule has 0 heterocycles. The molecule has 0 fully saturated rings. The van der Waals surface area contributed by atoms with Crippen molar-refractivity contribution in [3.63, 3.8) is 0 Å². The summed E-state index contributed by atoms with van der Waals surface area (Å²) in [6, 6.07) is 5.21. The minimum absolute atomic E-state index is 0.0386. The Balaban J connectivity index is 3.20. The number of carbonyl (C=O) groups is 1. The van der Waals surface area contributed by atoms with Crippen LogP contribution in [0.2, 0.25) is 0 Å². The lowest BCUT2D eigenvalue weighted by Gasteiger charge is -2.24. The van der Waals surface area contributed by atoms with Crippen molar-refractivity contribution in [1.82, 2.24) is 0 Å². The summed E-state index contributed by atoms with van der Waals surface area (Å²) in [5.74, 6) is -1.36. The molecule has 0 saturated carbocycles. The lowest BCUT2D eigenvalue weighted by molar-refractivity contribution is -0.163. The summed E-state index contributed by atoms with van der Waals surface area (Å²) in [7, 11) is 1.16. The fourth-order valence-electron chi connectivity index (χ4n) is 1.44. The van der Waals surface area contributed by atoms with Gasteiger partial charge in [-0.15, -0.1) is 6.58 Å². The quantitative estimate of drug-likeness (QED) is 0.626. The molecule has 0 aliphatic heterocycles. The third-order valence-electron chi connectivity index (χ3n) is 2.27. The Kier molecular flexibility index (Phi) is 3.79. The fourth-order valence-corrected chi connectivity index (χ4v) is 1.44. The van der Waals surface area contributed by atoms with Crippen molar-refractivity contribution < 1.29 is 19.0 Å². The fraction of sp³-hybridized carbons (Fsp3) is 0.250. The Morgan fingerprint density at radius 3 is 2.88 bits per heavy atom. The molecule has 16 heavy (non-hydrogen) atoms. The first kappa shape index (κ1) is 12.4. The number of rotatable bonds is 4. The van der Waals surface area contributed by atoms with Gasteiger partial charge in [-0.05, 0) is 17.7 Å². The van der Waals surface area contributed by atoms with E-state index in [9.17, 15) is 14.3 Å². The van der Waals surface area contributed by atoms with Crippen LogP contribution in [0, 0.1) is 5.82 Å². The largest absolute Gasteiger partial charge is 0.467 e. The predicted octanol–water partition coefficient (Wildman–Crippen LogP) is 1.76. The molecule has 1 rings (SSSR count). The molecule has 0 aliphatic carbocycles. The van der Waals surface area contributed by atoms with Crippen LogP contribution in [-0.2, 0) is 15.1 Å². The molecule has 1 atom stereocenters. The van der Waals surface area contributed by atoms with Gasteiger partial charge in [-0.1, -0.05) is 18.2 Å². The summed E-state index contributed by atoms with van der Waals surface area (Å²) in [5, 5.41) is 10.2. The Bertz CT molecular complexity index is 403. The molecular formula is C12H13FO3. The highest BCUT2D eigenvalue weighted by Gasteiger charge is 2.38. The SMILES string of the molecule is C=CC[C@](O)(C(=O)OC)c1cccc(F)c1. The molecule has 1 N–H and O–H groups in total. The van der Waals surface area contributed by atoms with Crippen molar-refractivity contribution in [2.75, 3.05) is 7.11 Å². The Morgan fingerprint density at radius 2 is 2.38 bits per heavy atom. The average Bonchev–Trinajstić information content (AvgIpc) is 2.28. The summed E-state index contributed by atoms with van der Waals surface area (Å²) in [4.78, 5) is 11.5. The van der Waals surface area contributed by atoms with Gasteiger partial charge in [0, 0.05) is 6.42 Å². The molecular weight excluding hydrogens is 211 g/mol. The van der Waals surface area contributed by atoms with Crippen molar-refractivity contribution in [2.24, 2.45) is 0 Å². The maximum atomic E-state index is 13.0. The number of methoxy groups -OCH3 is 1. The van der Waals surface area contributed by atoms with Crippen LogP contribution in [-0.4, -0.2) is 18.2 Å². The van der Waals surface area contributed by atoms with Gasteiger partial charge < -0.3 is 9.84 Å². The average molecular weight is 224 g/mol. The summed E-state index contributed by atoms with van der Waals surface area (Å²) < 4.78 is 17.5. The van der Waals surface area contributed by atoms with E-state index in [1.54, 1.807) is 0 Å². The van der Waals surface area contributed by atoms with Crippen molar-refractivity contribution in [1.29, 1.82) is 0 Å². The van der Waals surface area contributed by atoms with Crippen LogP contribution >= 0.6 is 0 Å². The molecule has 0 bridgehead atoms. The molecule has 0 aliphatic rings. The van der Waals surface area contributed by atoms with E-state index in [1.807, 2.05) is 0 Å². The number of ether oxygens (including phenoxy) is 1. The van der Waals surface area contributed by atoms with E-state index in [1.165, 1.54) is 24.3 Å². The molecule has 1 aromatic carbocycles. The van der Waals surface area contributed by atoms with Crippen molar-refractivity contribution in [2.45, 2.75) is 12.0 Å². The third kappa shape index (κ3) is 2.28.